The van der Waals surface area contributed by atoms with Crippen LogP contribution in [0.5, 0.6) is 0 Å². The van der Waals surface area contributed by atoms with Gasteiger partial charge in [-0.25, -0.2) is 4.39 Å². The first-order valence-corrected chi connectivity index (χ1v) is 10.2. The lowest BCUT2D eigenvalue weighted by molar-refractivity contribution is 0.624. The molecule has 0 radical (unpaired) electrons. The summed E-state index contributed by atoms with van der Waals surface area (Å²) in [5.41, 5.74) is 3.80. The first-order valence-electron chi connectivity index (χ1n) is 10.2. The molecule has 5 aromatic rings. The predicted molar refractivity (Wildman–Crippen MR) is 125 cm³/mol. The number of fused-ring (bicyclic) bond motifs is 2. The van der Waals surface area contributed by atoms with Crippen LogP contribution in [-0.2, 0) is 6.54 Å². The highest BCUT2D eigenvalue weighted by Crippen LogP contribution is 2.28. The molecule has 0 aliphatic rings. The smallest absolute Gasteiger partial charge is 0.131 e. The first kappa shape index (κ1) is 18.8. The number of halogens is 1. The molecule has 0 amide bonds. The Morgan fingerprint density at radius 1 is 0.871 bits per heavy atom. The molecule has 2 nitrogen and oxygen atoms in total. The van der Waals surface area contributed by atoms with Gasteiger partial charge in [0.25, 0.3) is 0 Å². The number of benzene rings is 4. The van der Waals surface area contributed by atoms with Crippen LogP contribution in [0, 0.1) is 17.1 Å². The van der Waals surface area contributed by atoms with E-state index in [-0.39, 0.29) is 0 Å². The Morgan fingerprint density at radius 2 is 1.61 bits per heavy atom. The van der Waals surface area contributed by atoms with Gasteiger partial charge in [-0.2, -0.15) is 5.26 Å². The molecular formula is C28H19FN2. The fourth-order valence-corrected chi connectivity index (χ4v) is 4.06. The van der Waals surface area contributed by atoms with Crippen LogP contribution >= 0.6 is 0 Å². The first-order chi connectivity index (χ1) is 15.2. The molecule has 31 heavy (non-hydrogen) atoms. The third kappa shape index (κ3) is 3.60. The molecule has 0 bridgehead atoms. The molecule has 0 aliphatic carbocycles. The Hall–Kier alpha value is -4.16. The minimum absolute atomic E-state index is 0.312. The van der Waals surface area contributed by atoms with Crippen molar-refractivity contribution in [3.8, 4) is 6.07 Å². The van der Waals surface area contributed by atoms with Gasteiger partial charge in [0, 0.05) is 34.8 Å². The fraction of sp³-hybridized carbons (Fsp3) is 0.0357. The summed E-state index contributed by atoms with van der Waals surface area (Å²) in [6.07, 6.45) is 3.82. The fourth-order valence-electron chi connectivity index (χ4n) is 4.06. The van der Waals surface area contributed by atoms with Crippen molar-refractivity contribution >= 4 is 33.3 Å². The molecule has 0 saturated carbocycles. The molecule has 4 aromatic carbocycles. The van der Waals surface area contributed by atoms with Crippen molar-refractivity contribution < 1.29 is 4.39 Å². The summed E-state index contributed by atoms with van der Waals surface area (Å²) in [5.74, 6) is -0.393. The molecule has 1 aromatic heterocycles. The van der Waals surface area contributed by atoms with E-state index in [9.17, 15) is 9.65 Å². The normalized spacial score (nSPS) is 11.7. The summed E-state index contributed by atoms with van der Waals surface area (Å²) < 4.78 is 16.4. The number of aromatic nitrogens is 1. The molecule has 1 heterocycles. The number of hydrogen-bond donors (Lipinski definition) is 0. The van der Waals surface area contributed by atoms with Gasteiger partial charge in [0.05, 0.1) is 11.6 Å². The monoisotopic (exact) mass is 402 g/mol. The summed E-state index contributed by atoms with van der Waals surface area (Å²) in [4.78, 5) is 0. The van der Waals surface area contributed by atoms with Crippen molar-refractivity contribution in [2.24, 2.45) is 0 Å². The van der Waals surface area contributed by atoms with Gasteiger partial charge < -0.3 is 4.57 Å². The SMILES string of the molecule is N#C/C(=C/c1cn(Cc2ccc3ccccc3c2)c2ccccc12)c1ccccc1F. The van der Waals surface area contributed by atoms with Gasteiger partial charge in [0.15, 0.2) is 0 Å². The molecule has 0 aliphatic heterocycles. The Balaban J connectivity index is 1.59. The third-order valence-corrected chi connectivity index (χ3v) is 5.57. The Bertz CT molecular complexity index is 1480. The highest BCUT2D eigenvalue weighted by molar-refractivity contribution is 5.98. The zero-order valence-corrected chi connectivity index (χ0v) is 16.8. The van der Waals surface area contributed by atoms with Crippen LogP contribution in [0.3, 0.4) is 0 Å². The van der Waals surface area contributed by atoms with Crippen LogP contribution in [0.1, 0.15) is 16.7 Å². The minimum atomic E-state index is -0.393. The molecule has 0 spiro atoms. The predicted octanol–water partition coefficient (Wildman–Crippen LogP) is 7.05. The van der Waals surface area contributed by atoms with E-state index in [0.29, 0.717) is 17.7 Å². The minimum Gasteiger partial charge on any atom is -0.342 e. The quantitative estimate of drug-likeness (QED) is 0.296. The summed E-state index contributed by atoms with van der Waals surface area (Å²) in [5, 5.41) is 13.2. The van der Waals surface area contributed by atoms with E-state index in [4.69, 9.17) is 0 Å². The highest BCUT2D eigenvalue weighted by Gasteiger charge is 2.11. The van der Waals surface area contributed by atoms with Crippen LogP contribution < -0.4 is 0 Å². The van der Waals surface area contributed by atoms with Gasteiger partial charge in [-0.1, -0.05) is 72.8 Å². The summed E-state index contributed by atoms with van der Waals surface area (Å²) in [6.45, 7) is 0.709. The largest absolute Gasteiger partial charge is 0.342 e. The average molecular weight is 402 g/mol. The van der Waals surface area contributed by atoms with E-state index >= 15 is 0 Å². The van der Waals surface area contributed by atoms with Crippen LogP contribution in [0.25, 0.3) is 33.3 Å². The number of nitrogens with zero attached hydrogens (tertiary/aromatic N) is 2. The van der Waals surface area contributed by atoms with Crippen molar-refractivity contribution in [2.75, 3.05) is 0 Å². The van der Waals surface area contributed by atoms with Crippen LogP contribution in [0.4, 0.5) is 4.39 Å². The molecular weight excluding hydrogens is 383 g/mol. The second-order valence-corrected chi connectivity index (χ2v) is 7.56. The maximum Gasteiger partial charge on any atom is 0.131 e. The second kappa shape index (κ2) is 7.93. The molecule has 0 fully saturated rings. The van der Waals surface area contributed by atoms with Crippen molar-refractivity contribution in [3.05, 3.63) is 120 Å². The van der Waals surface area contributed by atoms with E-state index < -0.39 is 5.82 Å². The number of allylic oxidation sites excluding steroid dienone is 1. The molecule has 148 valence electrons. The zero-order chi connectivity index (χ0) is 21.2. The molecule has 0 saturated heterocycles. The molecule has 0 unspecified atom stereocenters. The van der Waals surface area contributed by atoms with E-state index in [1.165, 1.54) is 22.4 Å². The highest BCUT2D eigenvalue weighted by atomic mass is 19.1. The third-order valence-electron chi connectivity index (χ3n) is 5.57. The van der Waals surface area contributed by atoms with Crippen molar-refractivity contribution in [2.45, 2.75) is 6.54 Å². The summed E-state index contributed by atoms with van der Waals surface area (Å²) in [6, 6.07) is 31.5. The van der Waals surface area contributed by atoms with E-state index in [0.717, 1.165) is 16.5 Å². The van der Waals surface area contributed by atoms with E-state index in [1.807, 2.05) is 36.5 Å². The lowest BCUT2D eigenvalue weighted by atomic mass is 10.0. The maximum atomic E-state index is 14.3. The van der Waals surface area contributed by atoms with Crippen molar-refractivity contribution in [1.29, 1.82) is 5.26 Å². The van der Waals surface area contributed by atoms with Gasteiger partial charge in [-0.3, -0.25) is 0 Å². The van der Waals surface area contributed by atoms with Crippen molar-refractivity contribution in [1.82, 2.24) is 4.57 Å². The molecule has 0 atom stereocenters. The second-order valence-electron chi connectivity index (χ2n) is 7.56. The van der Waals surface area contributed by atoms with Crippen molar-refractivity contribution in [3.63, 3.8) is 0 Å². The van der Waals surface area contributed by atoms with Gasteiger partial charge in [-0.05, 0) is 40.6 Å². The average Bonchev–Trinajstić information content (AvgIpc) is 3.15. The van der Waals surface area contributed by atoms with Gasteiger partial charge in [0.2, 0.25) is 0 Å². The number of para-hydroxylation sites is 1. The van der Waals surface area contributed by atoms with Gasteiger partial charge in [-0.15, -0.1) is 0 Å². The number of hydrogen-bond acceptors (Lipinski definition) is 1. The lowest BCUT2D eigenvalue weighted by Crippen LogP contribution is -1.97. The molecule has 3 heteroatoms. The van der Waals surface area contributed by atoms with E-state index in [2.05, 4.69) is 47.0 Å². The Labute approximate surface area is 180 Å². The van der Waals surface area contributed by atoms with Crippen LogP contribution in [-0.4, -0.2) is 4.57 Å². The van der Waals surface area contributed by atoms with Crippen LogP contribution in [0.15, 0.2) is 97.2 Å². The lowest BCUT2D eigenvalue weighted by Gasteiger charge is -2.07. The number of nitriles is 1. The van der Waals surface area contributed by atoms with Crippen LogP contribution in [0.2, 0.25) is 0 Å². The molecule has 5 rings (SSSR count). The zero-order valence-electron chi connectivity index (χ0n) is 16.8. The van der Waals surface area contributed by atoms with Gasteiger partial charge >= 0.3 is 0 Å². The molecule has 0 N–H and O–H groups in total. The van der Waals surface area contributed by atoms with Gasteiger partial charge in [0.1, 0.15) is 5.82 Å². The maximum absolute atomic E-state index is 14.3. The standard InChI is InChI=1S/C28H19FN2/c29-27-11-5-3-9-25(27)23(17-30)16-24-19-31(28-12-6-4-10-26(24)28)18-20-13-14-21-7-1-2-8-22(21)15-20/h1-16,19H,18H2/b23-16-. The number of rotatable bonds is 4. The van der Waals surface area contributed by atoms with E-state index in [1.54, 1.807) is 24.3 Å². The summed E-state index contributed by atoms with van der Waals surface area (Å²) >= 11 is 0. The topological polar surface area (TPSA) is 28.7 Å². The Morgan fingerprint density at radius 3 is 2.45 bits per heavy atom. The summed E-state index contributed by atoms with van der Waals surface area (Å²) in [7, 11) is 0. The Kier molecular flexibility index (Phi) is 4.82.